The molecule has 2 aromatic heterocycles. The van der Waals surface area contributed by atoms with Gasteiger partial charge in [0.15, 0.2) is 0 Å². The first kappa shape index (κ1) is 13.8. The lowest BCUT2D eigenvalue weighted by Crippen LogP contribution is -2.14. The van der Waals surface area contributed by atoms with Crippen LogP contribution in [0.3, 0.4) is 0 Å². The van der Waals surface area contributed by atoms with Gasteiger partial charge in [-0.05, 0) is 18.5 Å². The number of hydrogen-bond acceptors (Lipinski definition) is 5. The summed E-state index contributed by atoms with van der Waals surface area (Å²) >= 11 is 6.09. The molecule has 0 spiro atoms. The third kappa shape index (κ3) is 3.90. The summed E-state index contributed by atoms with van der Waals surface area (Å²) in [5.41, 5.74) is 0.941. The van der Waals surface area contributed by atoms with Crippen LogP contribution < -0.4 is 10.1 Å². The van der Waals surface area contributed by atoms with E-state index in [4.69, 9.17) is 16.3 Å². The quantitative estimate of drug-likeness (QED) is 0.822. The summed E-state index contributed by atoms with van der Waals surface area (Å²) in [6, 6.07) is 2.06. The Hall–Kier alpha value is -1.66. The summed E-state index contributed by atoms with van der Waals surface area (Å²) in [6.45, 7) is 3.74. The number of aromatic nitrogens is 4. The predicted molar refractivity (Wildman–Crippen MR) is 72.3 cm³/mol. The van der Waals surface area contributed by atoms with E-state index in [1.54, 1.807) is 30.3 Å². The molecule has 0 saturated carbocycles. The molecular weight excluding hydrogens is 266 g/mol. The second-order valence-corrected chi connectivity index (χ2v) is 4.50. The van der Waals surface area contributed by atoms with E-state index in [0.717, 1.165) is 18.5 Å². The van der Waals surface area contributed by atoms with E-state index in [0.29, 0.717) is 17.4 Å². The van der Waals surface area contributed by atoms with Crippen LogP contribution >= 0.6 is 11.6 Å². The molecule has 0 unspecified atom stereocenters. The van der Waals surface area contributed by atoms with Crippen LogP contribution in [0.1, 0.15) is 18.9 Å². The first-order valence-corrected chi connectivity index (χ1v) is 6.45. The molecule has 0 fully saturated rings. The Morgan fingerprint density at radius 2 is 2.26 bits per heavy atom. The Morgan fingerprint density at radius 3 is 2.95 bits per heavy atom. The molecule has 0 radical (unpaired) electrons. The summed E-state index contributed by atoms with van der Waals surface area (Å²) in [5.74, 6) is 0.434. The number of nitrogens with zero attached hydrogens (tertiary/aromatic N) is 4. The Kier molecular flexibility index (Phi) is 4.70. The summed E-state index contributed by atoms with van der Waals surface area (Å²) in [7, 11) is 1.77. The Morgan fingerprint density at radius 1 is 1.42 bits per heavy atom. The third-order valence-electron chi connectivity index (χ3n) is 2.43. The van der Waals surface area contributed by atoms with Crippen molar-refractivity contribution in [1.29, 1.82) is 0 Å². The van der Waals surface area contributed by atoms with Crippen LogP contribution in [0, 0.1) is 0 Å². The number of nitrogens with one attached hydrogen (secondary N) is 1. The smallest absolute Gasteiger partial charge is 0.342 e. The van der Waals surface area contributed by atoms with E-state index < -0.39 is 0 Å². The average molecular weight is 282 g/mol. The fourth-order valence-electron chi connectivity index (χ4n) is 1.51. The van der Waals surface area contributed by atoms with Gasteiger partial charge in [0.05, 0.1) is 5.02 Å². The van der Waals surface area contributed by atoms with E-state index in [2.05, 4.69) is 27.3 Å². The minimum atomic E-state index is 0.268. The van der Waals surface area contributed by atoms with Crippen molar-refractivity contribution in [2.75, 3.05) is 6.54 Å². The van der Waals surface area contributed by atoms with Gasteiger partial charge in [-0.2, -0.15) is 4.98 Å². The summed E-state index contributed by atoms with van der Waals surface area (Å²) in [5, 5.41) is 7.93. The SMILES string of the molecule is CCCNCc1cc(Oc2ncn(C)n2)ncc1Cl. The van der Waals surface area contributed by atoms with Gasteiger partial charge in [-0.3, -0.25) is 4.68 Å². The van der Waals surface area contributed by atoms with Gasteiger partial charge in [-0.15, -0.1) is 5.10 Å². The summed E-state index contributed by atoms with van der Waals surface area (Å²) in [6.07, 6.45) is 4.21. The van der Waals surface area contributed by atoms with Crippen molar-refractivity contribution in [1.82, 2.24) is 25.1 Å². The lowest BCUT2D eigenvalue weighted by molar-refractivity contribution is 0.421. The fourth-order valence-corrected chi connectivity index (χ4v) is 1.68. The molecule has 2 rings (SSSR count). The highest BCUT2D eigenvalue weighted by molar-refractivity contribution is 6.31. The van der Waals surface area contributed by atoms with Crippen LogP contribution in [0.4, 0.5) is 0 Å². The van der Waals surface area contributed by atoms with Gasteiger partial charge in [-0.25, -0.2) is 4.98 Å². The Bertz CT molecular complexity index is 543. The molecule has 0 bridgehead atoms. The molecule has 1 N–H and O–H groups in total. The minimum Gasteiger partial charge on any atom is -0.404 e. The highest BCUT2D eigenvalue weighted by atomic mass is 35.5. The van der Waals surface area contributed by atoms with E-state index in [9.17, 15) is 0 Å². The van der Waals surface area contributed by atoms with Crippen molar-refractivity contribution in [3.8, 4) is 11.9 Å². The zero-order valence-corrected chi connectivity index (χ0v) is 11.7. The van der Waals surface area contributed by atoms with Crippen molar-refractivity contribution in [3.05, 3.63) is 29.2 Å². The predicted octanol–water partition coefficient (Wildman–Crippen LogP) is 2.16. The standard InChI is InChI=1S/C12H16ClN5O/c1-3-4-14-6-9-5-11(15-7-10(9)13)19-12-16-8-18(2)17-12/h5,7-8,14H,3-4,6H2,1-2H3. The van der Waals surface area contributed by atoms with Crippen molar-refractivity contribution < 1.29 is 4.74 Å². The van der Waals surface area contributed by atoms with E-state index >= 15 is 0 Å². The van der Waals surface area contributed by atoms with Gasteiger partial charge in [-0.1, -0.05) is 18.5 Å². The van der Waals surface area contributed by atoms with Gasteiger partial charge in [0, 0.05) is 25.9 Å². The maximum absolute atomic E-state index is 6.09. The van der Waals surface area contributed by atoms with Gasteiger partial charge in [0.25, 0.3) is 0 Å². The number of hydrogen-bond donors (Lipinski definition) is 1. The van der Waals surface area contributed by atoms with Crippen molar-refractivity contribution in [3.63, 3.8) is 0 Å². The highest BCUT2D eigenvalue weighted by Gasteiger charge is 2.07. The minimum absolute atomic E-state index is 0.268. The largest absolute Gasteiger partial charge is 0.404 e. The van der Waals surface area contributed by atoms with E-state index in [1.807, 2.05) is 0 Å². The van der Waals surface area contributed by atoms with Gasteiger partial charge in [0.2, 0.25) is 5.88 Å². The molecule has 102 valence electrons. The molecule has 0 saturated heterocycles. The maximum Gasteiger partial charge on any atom is 0.342 e. The van der Waals surface area contributed by atoms with Gasteiger partial charge >= 0.3 is 6.01 Å². The number of halogens is 1. The molecule has 0 atom stereocenters. The molecule has 6 nitrogen and oxygen atoms in total. The molecule has 0 aliphatic rings. The number of pyridine rings is 1. The molecule has 7 heteroatoms. The maximum atomic E-state index is 6.09. The monoisotopic (exact) mass is 281 g/mol. The molecule has 0 aliphatic heterocycles. The van der Waals surface area contributed by atoms with Crippen LogP contribution in [0.5, 0.6) is 11.9 Å². The zero-order chi connectivity index (χ0) is 13.7. The van der Waals surface area contributed by atoms with Crippen LogP contribution in [0.25, 0.3) is 0 Å². The van der Waals surface area contributed by atoms with E-state index in [-0.39, 0.29) is 6.01 Å². The lowest BCUT2D eigenvalue weighted by atomic mass is 10.2. The second kappa shape index (κ2) is 6.49. The zero-order valence-electron chi connectivity index (χ0n) is 10.9. The van der Waals surface area contributed by atoms with Crippen molar-refractivity contribution >= 4 is 11.6 Å². The molecule has 0 aliphatic carbocycles. The fraction of sp³-hybridized carbons (Fsp3) is 0.417. The topological polar surface area (TPSA) is 64.9 Å². The van der Waals surface area contributed by atoms with Crippen molar-refractivity contribution in [2.24, 2.45) is 7.05 Å². The molecule has 0 aromatic carbocycles. The summed E-state index contributed by atoms with van der Waals surface area (Å²) < 4.78 is 7.03. The first-order valence-electron chi connectivity index (χ1n) is 6.07. The van der Waals surface area contributed by atoms with Gasteiger partial charge < -0.3 is 10.1 Å². The van der Waals surface area contributed by atoms with Crippen LogP contribution in [0.15, 0.2) is 18.6 Å². The molecule has 2 heterocycles. The van der Waals surface area contributed by atoms with Crippen LogP contribution in [-0.2, 0) is 13.6 Å². The lowest BCUT2D eigenvalue weighted by Gasteiger charge is -2.07. The Labute approximate surface area is 116 Å². The third-order valence-corrected chi connectivity index (χ3v) is 2.77. The normalized spacial score (nSPS) is 10.7. The summed E-state index contributed by atoms with van der Waals surface area (Å²) in [4.78, 5) is 8.08. The molecule has 19 heavy (non-hydrogen) atoms. The van der Waals surface area contributed by atoms with E-state index in [1.165, 1.54) is 0 Å². The van der Waals surface area contributed by atoms with Gasteiger partial charge in [0.1, 0.15) is 6.33 Å². The van der Waals surface area contributed by atoms with Crippen molar-refractivity contribution in [2.45, 2.75) is 19.9 Å². The Balaban J connectivity index is 2.07. The second-order valence-electron chi connectivity index (χ2n) is 4.09. The molecular formula is C12H16ClN5O. The first-order chi connectivity index (χ1) is 9.19. The average Bonchev–Trinajstić information content (AvgIpc) is 2.79. The number of ether oxygens (including phenoxy) is 1. The number of rotatable bonds is 6. The van der Waals surface area contributed by atoms with Crippen LogP contribution in [-0.4, -0.2) is 26.3 Å². The number of aryl methyl sites for hydroxylation is 1. The van der Waals surface area contributed by atoms with Crippen LogP contribution in [0.2, 0.25) is 5.02 Å². The molecule has 2 aromatic rings. The molecule has 0 amide bonds. The highest BCUT2D eigenvalue weighted by Crippen LogP contribution is 2.21.